The topological polar surface area (TPSA) is 35.2 Å². The molecule has 0 amide bonds. The van der Waals surface area contributed by atoms with E-state index in [1.54, 1.807) is 11.8 Å². The van der Waals surface area contributed by atoms with Gasteiger partial charge in [-0.25, -0.2) is 0 Å². The maximum atomic E-state index is 5.87. The highest BCUT2D eigenvalue weighted by molar-refractivity contribution is 7.99. The molecule has 0 atom stereocenters. The van der Waals surface area contributed by atoms with Crippen LogP contribution in [0.4, 0.5) is 5.69 Å². The monoisotopic (exact) mass is 299 g/mol. The van der Waals surface area contributed by atoms with Crippen LogP contribution in [0.3, 0.4) is 0 Å². The predicted molar refractivity (Wildman–Crippen MR) is 90.2 cm³/mol. The first-order valence-electron chi connectivity index (χ1n) is 7.54. The molecule has 110 valence electrons. The maximum Gasteiger partial charge on any atom is 0.119 e. The van der Waals surface area contributed by atoms with E-state index in [-0.39, 0.29) is 0 Å². The number of fused-ring (bicyclic) bond motifs is 1. The lowest BCUT2D eigenvalue weighted by Gasteiger charge is -2.16. The summed E-state index contributed by atoms with van der Waals surface area (Å²) in [7, 11) is 0. The number of rotatable bonds is 5. The number of nitrogen functional groups attached to an aromatic ring is 1. The molecule has 0 saturated heterocycles. The van der Waals surface area contributed by atoms with Crippen molar-refractivity contribution in [1.82, 2.24) is 0 Å². The highest BCUT2D eigenvalue weighted by Crippen LogP contribution is 2.25. The van der Waals surface area contributed by atoms with E-state index in [1.807, 2.05) is 12.1 Å². The Kier molecular flexibility index (Phi) is 4.71. The van der Waals surface area contributed by atoms with Crippen LogP contribution in [-0.4, -0.2) is 12.4 Å². The van der Waals surface area contributed by atoms with Crippen LogP contribution in [0.5, 0.6) is 5.75 Å². The lowest BCUT2D eigenvalue weighted by Crippen LogP contribution is -2.05. The van der Waals surface area contributed by atoms with Gasteiger partial charge >= 0.3 is 0 Å². The maximum absolute atomic E-state index is 5.87. The second-order valence-corrected chi connectivity index (χ2v) is 6.57. The van der Waals surface area contributed by atoms with Crippen molar-refractivity contribution in [3.05, 3.63) is 53.6 Å². The minimum absolute atomic E-state index is 0.730. The summed E-state index contributed by atoms with van der Waals surface area (Å²) in [6.07, 6.45) is 5.06. The highest BCUT2D eigenvalue weighted by Gasteiger charge is 2.09. The Morgan fingerprint density at radius 2 is 1.71 bits per heavy atom. The van der Waals surface area contributed by atoms with Crippen molar-refractivity contribution in [2.75, 3.05) is 18.1 Å². The van der Waals surface area contributed by atoms with Gasteiger partial charge in [-0.05, 0) is 73.2 Å². The molecule has 2 aromatic carbocycles. The average molecular weight is 299 g/mol. The van der Waals surface area contributed by atoms with Gasteiger partial charge in [-0.15, -0.1) is 11.8 Å². The molecule has 0 spiro atoms. The largest absolute Gasteiger partial charge is 0.493 e. The zero-order valence-corrected chi connectivity index (χ0v) is 13.0. The summed E-state index contributed by atoms with van der Waals surface area (Å²) in [6.45, 7) is 0.730. The number of hydrogen-bond acceptors (Lipinski definition) is 3. The molecule has 0 fully saturated rings. The quantitative estimate of drug-likeness (QED) is 0.507. The Balaban J connectivity index is 1.48. The van der Waals surface area contributed by atoms with Crippen molar-refractivity contribution in [3.63, 3.8) is 0 Å². The van der Waals surface area contributed by atoms with Crippen molar-refractivity contribution >= 4 is 17.4 Å². The fourth-order valence-electron chi connectivity index (χ4n) is 2.68. The van der Waals surface area contributed by atoms with Crippen molar-refractivity contribution in [2.24, 2.45) is 0 Å². The van der Waals surface area contributed by atoms with E-state index < -0.39 is 0 Å². The predicted octanol–water partition coefficient (Wildman–Crippen LogP) is 4.32. The van der Waals surface area contributed by atoms with E-state index in [1.165, 1.54) is 41.7 Å². The summed E-state index contributed by atoms with van der Waals surface area (Å²) in [5, 5.41) is 0. The third-order valence-corrected chi connectivity index (χ3v) is 4.80. The summed E-state index contributed by atoms with van der Waals surface area (Å²) < 4.78 is 5.87. The summed E-state index contributed by atoms with van der Waals surface area (Å²) in [4.78, 5) is 1.23. The van der Waals surface area contributed by atoms with E-state index in [2.05, 4.69) is 30.3 Å². The molecule has 2 N–H and O–H groups in total. The number of anilines is 1. The van der Waals surface area contributed by atoms with Crippen LogP contribution in [0.25, 0.3) is 0 Å². The first kappa shape index (κ1) is 14.3. The van der Waals surface area contributed by atoms with Crippen LogP contribution in [0, 0.1) is 0 Å². The molecule has 0 unspecified atom stereocenters. The molecule has 2 aromatic rings. The van der Waals surface area contributed by atoms with E-state index >= 15 is 0 Å². The van der Waals surface area contributed by atoms with E-state index in [4.69, 9.17) is 10.5 Å². The highest BCUT2D eigenvalue weighted by atomic mass is 32.2. The van der Waals surface area contributed by atoms with Crippen LogP contribution in [-0.2, 0) is 12.8 Å². The smallest absolute Gasteiger partial charge is 0.119 e. The van der Waals surface area contributed by atoms with Crippen LogP contribution >= 0.6 is 11.8 Å². The standard InChI is InChI=1S/C18H21NOS/c19-16-6-9-18(10-7-16)21-12-11-20-17-8-5-14-3-1-2-4-15(14)13-17/h5-10,13H,1-4,11-12,19H2. The number of ether oxygens (including phenoxy) is 1. The van der Waals surface area contributed by atoms with Crippen molar-refractivity contribution in [2.45, 2.75) is 30.6 Å². The van der Waals surface area contributed by atoms with Gasteiger partial charge in [0.1, 0.15) is 5.75 Å². The molecule has 0 radical (unpaired) electrons. The third-order valence-electron chi connectivity index (χ3n) is 3.82. The zero-order valence-electron chi connectivity index (χ0n) is 12.2. The number of nitrogens with two attached hydrogens (primary N) is 1. The number of aryl methyl sites for hydroxylation is 2. The molecule has 1 aliphatic carbocycles. The molecule has 0 saturated carbocycles. The fraction of sp³-hybridized carbons (Fsp3) is 0.333. The van der Waals surface area contributed by atoms with Gasteiger partial charge in [-0.2, -0.15) is 0 Å². The Hall–Kier alpha value is -1.61. The van der Waals surface area contributed by atoms with E-state index in [0.717, 1.165) is 23.8 Å². The van der Waals surface area contributed by atoms with E-state index in [0.29, 0.717) is 0 Å². The average Bonchev–Trinajstić information content (AvgIpc) is 2.53. The molecule has 0 bridgehead atoms. The van der Waals surface area contributed by atoms with Gasteiger partial charge in [0.25, 0.3) is 0 Å². The second-order valence-electron chi connectivity index (χ2n) is 5.40. The van der Waals surface area contributed by atoms with Gasteiger partial charge in [0.05, 0.1) is 6.61 Å². The molecule has 0 aromatic heterocycles. The lowest BCUT2D eigenvalue weighted by molar-refractivity contribution is 0.343. The Morgan fingerprint density at radius 3 is 2.52 bits per heavy atom. The van der Waals surface area contributed by atoms with Crippen molar-refractivity contribution < 1.29 is 4.74 Å². The molecule has 21 heavy (non-hydrogen) atoms. The van der Waals surface area contributed by atoms with Gasteiger partial charge < -0.3 is 10.5 Å². The first-order valence-corrected chi connectivity index (χ1v) is 8.53. The molecule has 3 heteroatoms. The number of thioether (sulfide) groups is 1. The van der Waals surface area contributed by atoms with Crippen LogP contribution in [0.2, 0.25) is 0 Å². The molecule has 2 nitrogen and oxygen atoms in total. The first-order chi connectivity index (χ1) is 10.3. The van der Waals surface area contributed by atoms with Gasteiger partial charge in [0.15, 0.2) is 0 Å². The SMILES string of the molecule is Nc1ccc(SCCOc2ccc3c(c2)CCCC3)cc1. The Bertz CT molecular complexity index is 595. The summed E-state index contributed by atoms with van der Waals surface area (Å²) in [6, 6.07) is 14.6. The molecular weight excluding hydrogens is 278 g/mol. The second kappa shape index (κ2) is 6.90. The van der Waals surface area contributed by atoms with Gasteiger partial charge in [-0.1, -0.05) is 6.07 Å². The molecule has 3 rings (SSSR count). The number of hydrogen-bond donors (Lipinski definition) is 1. The Labute approximate surface area is 130 Å². The van der Waals surface area contributed by atoms with Gasteiger partial charge in [0.2, 0.25) is 0 Å². The van der Waals surface area contributed by atoms with Crippen molar-refractivity contribution in [1.29, 1.82) is 0 Å². The Morgan fingerprint density at radius 1 is 0.952 bits per heavy atom. The van der Waals surface area contributed by atoms with Gasteiger partial charge in [0, 0.05) is 16.3 Å². The van der Waals surface area contributed by atoms with Gasteiger partial charge in [-0.3, -0.25) is 0 Å². The van der Waals surface area contributed by atoms with Crippen LogP contribution in [0.1, 0.15) is 24.0 Å². The lowest BCUT2D eigenvalue weighted by atomic mass is 9.92. The summed E-state index contributed by atoms with van der Waals surface area (Å²) in [5.41, 5.74) is 9.47. The molecule has 0 heterocycles. The summed E-state index contributed by atoms with van der Waals surface area (Å²) >= 11 is 1.80. The molecule has 1 aliphatic rings. The van der Waals surface area contributed by atoms with Crippen LogP contribution < -0.4 is 10.5 Å². The van der Waals surface area contributed by atoms with Crippen molar-refractivity contribution in [3.8, 4) is 5.75 Å². The normalized spacial score (nSPS) is 13.7. The third kappa shape index (κ3) is 3.94. The fourth-order valence-corrected chi connectivity index (χ4v) is 3.41. The molecular formula is C18H21NOS. The molecule has 0 aliphatic heterocycles. The number of benzene rings is 2. The summed E-state index contributed by atoms with van der Waals surface area (Å²) in [5.74, 6) is 1.95. The zero-order chi connectivity index (χ0) is 14.5. The van der Waals surface area contributed by atoms with Crippen LogP contribution in [0.15, 0.2) is 47.4 Å². The minimum atomic E-state index is 0.730. The van der Waals surface area contributed by atoms with E-state index in [9.17, 15) is 0 Å². The minimum Gasteiger partial charge on any atom is -0.493 e.